The van der Waals surface area contributed by atoms with E-state index in [0.717, 1.165) is 31.9 Å². The first-order chi connectivity index (χ1) is 9.65. The number of nitrogens with zero attached hydrogens (tertiary/aromatic N) is 1. The molecule has 0 saturated carbocycles. The van der Waals surface area contributed by atoms with Crippen LogP contribution in [0.2, 0.25) is 0 Å². The number of methoxy groups -OCH3 is 1. The Balaban J connectivity index is 2.12. The molecule has 2 unspecified atom stereocenters. The van der Waals surface area contributed by atoms with E-state index in [2.05, 4.69) is 36.3 Å². The summed E-state index contributed by atoms with van der Waals surface area (Å²) in [5, 5.41) is 3.41. The lowest BCUT2D eigenvalue weighted by atomic mass is 10.0. The summed E-state index contributed by atoms with van der Waals surface area (Å²) < 4.78 is 11.0. The molecule has 0 aliphatic carbocycles. The number of rotatable bonds is 6. The molecule has 0 amide bonds. The number of benzene rings is 1. The van der Waals surface area contributed by atoms with Gasteiger partial charge in [0.05, 0.1) is 13.7 Å². The molecule has 0 radical (unpaired) electrons. The van der Waals surface area contributed by atoms with Crippen LogP contribution in [0.4, 0.5) is 0 Å². The summed E-state index contributed by atoms with van der Waals surface area (Å²) >= 11 is 0. The smallest absolute Gasteiger partial charge is 0.123 e. The summed E-state index contributed by atoms with van der Waals surface area (Å²) in [4.78, 5) is 2.38. The van der Waals surface area contributed by atoms with Crippen molar-refractivity contribution in [1.82, 2.24) is 10.2 Å². The molecule has 4 heteroatoms. The first-order valence-electron chi connectivity index (χ1n) is 7.25. The highest BCUT2D eigenvalue weighted by Gasteiger charge is 2.24. The van der Waals surface area contributed by atoms with Crippen molar-refractivity contribution in [2.45, 2.75) is 25.4 Å². The fraction of sp³-hybridized carbons (Fsp3) is 0.625. The lowest BCUT2D eigenvalue weighted by Crippen LogP contribution is -2.38. The molecule has 1 N–H and O–H groups in total. The molecule has 112 valence electrons. The predicted octanol–water partition coefficient (Wildman–Crippen LogP) is 1.98. The van der Waals surface area contributed by atoms with Crippen LogP contribution < -0.4 is 10.1 Å². The van der Waals surface area contributed by atoms with Gasteiger partial charge in [-0.15, -0.1) is 0 Å². The number of aryl methyl sites for hydroxylation is 1. The molecular weight excluding hydrogens is 252 g/mol. The molecule has 1 aliphatic heterocycles. The predicted molar refractivity (Wildman–Crippen MR) is 81.4 cm³/mol. The molecule has 1 fully saturated rings. The Kier molecular flexibility index (Phi) is 5.40. The zero-order chi connectivity index (χ0) is 14.5. The fourth-order valence-corrected chi connectivity index (χ4v) is 2.78. The SMILES string of the molecule is CNC(CN(C)C1CCOC1)c1cc(C)ccc1OC. The van der Waals surface area contributed by atoms with E-state index >= 15 is 0 Å². The largest absolute Gasteiger partial charge is 0.496 e. The fourth-order valence-electron chi connectivity index (χ4n) is 2.78. The van der Waals surface area contributed by atoms with E-state index in [1.807, 2.05) is 13.1 Å². The Morgan fingerprint density at radius 1 is 1.50 bits per heavy atom. The van der Waals surface area contributed by atoms with Gasteiger partial charge in [-0.2, -0.15) is 0 Å². The maximum absolute atomic E-state index is 5.51. The zero-order valence-corrected chi connectivity index (χ0v) is 13.0. The second-order valence-corrected chi connectivity index (χ2v) is 5.54. The van der Waals surface area contributed by atoms with Gasteiger partial charge in [0, 0.05) is 30.8 Å². The van der Waals surface area contributed by atoms with E-state index < -0.39 is 0 Å². The molecule has 2 atom stereocenters. The standard InChI is InChI=1S/C16H26N2O2/c1-12-5-6-16(19-4)14(9-12)15(17-2)10-18(3)13-7-8-20-11-13/h5-6,9,13,15,17H,7-8,10-11H2,1-4H3. The van der Waals surface area contributed by atoms with Crippen molar-refractivity contribution in [3.8, 4) is 5.75 Å². The Bertz CT molecular complexity index is 430. The number of ether oxygens (including phenoxy) is 2. The Morgan fingerprint density at radius 2 is 2.30 bits per heavy atom. The topological polar surface area (TPSA) is 33.7 Å². The van der Waals surface area contributed by atoms with E-state index in [0.29, 0.717) is 6.04 Å². The molecule has 1 saturated heterocycles. The van der Waals surface area contributed by atoms with Crippen LogP contribution in [0.15, 0.2) is 18.2 Å². The van der Waals surface area contributed by atoms with E-state index in [9.17, 15) is 0 Å². The van der Waals surface area contributed by atoms with Crippen molar-refractivity contribution >= 4 is 0 Å². The molecule has 4 nitrogen and oxygen atoms in total. The van der Waals surface area contributed by atoms with E-state index in [1.54, 1.807) is 7.11 Å². The number of nitrogens with one attached hydrogen (secondary N) is 1. The molecule has 1 aromatic rings. The average molecular weight is 278 g/mol. The molecule has 1 heterocycles. The zero-order valence-electron chi connectivity index (χ0n) is 13.0. The minimum absolute atomic E-state index is 0.260. The van der Waals surface area contributed by atoms with Crippen molar-refractivity contribution in [3.63, 3.8) is 0 Å². The van der Waals surface area contributed by atoms with Crippen LogP contribution in [-0.4, -0.2) is 51.9 Å². The van der Waals surface area contributed by atoms with E-state index in [1.165, 1.54) is 11.1 Å². The van der Waals surface area contributed by atoms with Crippen molar-refractivity contribution in [3.05, 3.63) is 29.3 Å². The van der Waals surface area contributed by atoms with Crippen LogP contribution >= 0.6 is 0 Å². The average Bonchev–Trinajstić information content (AvgIpc) is 2.98. The van der Waals surface area contributed by atoms with Gasteiger partial charge in [0.1, 0.15) is 5.75 Å². The molecule has 0 spiro atoms. The third kappa shape index (κ3) is 3.51. The summed E-state index contributed by atoms with van der Waals surface area (Å²) in [6.45, 7) is 4.79. The van der Waals surface area contributed by atoms with Gasteiger partial charge in [0.25, 0.3) is 0 Å². The highest BCUT2D eigenvalue weighted by Crippen LogP contribution is 2.27. The van der Waals surface area contributed by atoms with Crippen molar-refractivity contribution in [2.24, 2.45) is 0 Å². The van der Waals surface area contributed by atoms with Crippen LogP contribution in [-0.2, 0) is 4.74 Å². The molecule has 1 aliphatic rings. The van der Waals surface area contributed by atoms with Gasteiger partial charge >= 0.3 is 0 Å². The quantitative estimate of drug-likeness (QED) is 0.863. The summed E-state index contributed by atoms with van der Waals surface area (Å²) in [5.74, 6) is 0.950. The van der Waals surface area contributed by atoms with Crippen molar-refractivity contribution < 1.29 is 9.47 Å². The molecule has 1 aromatic carbocycles. The molecule has 2 rings (SSSR count). The van der Waals surface area contributed by atoms with Gasteiger partial charge in [-0.1, -0.05) is 17.7 Å². The summed E-state index contributed by atoms with van der Waals surface area (Å²) in [7, 11) is 5.91. The van der Waals surface area contributed by atoms with E-state index in [-0.39, 0.29) is 6.04 Å². The van der Waals surface area contributed by atoms with Crippen LogP contribution in [0.25, 0.3) is 0 Å². The first kappa shape index (κ1) is 15.3. The van der Waals surface area contributed by atoms with Gasteiger partial charge in [0.2, 0.25) is 0 Å². The minimum atomic E-state index is 0.260. The van der Waals surface area contributed by atoms with Crippen molar-refractivity contribution in [1.29, 1.82) is 0 Å². The van der Waals surface area contributed by atoms with E-state index in [4.69, 9.17) is 9.47 Å². The van der Waals surface area contributed by atoms with Crippen LogP contribution in [0.5, 0.6) is 5.75 Å². The van der Waals surface area contributed by atoms with Gasteiger partial charge in [-0.05, 0) is 33.5 Å². The third-order valence-electron chi connectivity index (χ3n) is 4.11. The normalized spacial score (nSPS) is 20.4. The Labute approximate surface area is 122 Å². The molecule has 20 heavy (non-hydrogen) atoms. The van der Waals surface area contributed by atoms with Gasteiger partial charge < -0.3 is 14.8 Å². The second-order valence-electron chi connectivity index (χ2n) is 5.54. The maximum atomic E-state index is 5.51. The number of hydrogen-bond donors (Lipinski definition) is 1. The monoisotopic (exact) mass is 278 g/mol. The van der Waals surface area contributed by atoms with Gasteiger partial charge in [-0.25, -0.2) is 0 Å². The maximum Gasteiger partial charge on any atom is 0.123 e. The molecular formula is C16H26N2O2. The lowest BCUT2D eigenvalue weighted by molar-refractivity contribution is 0.153. The Hall–Kier alpha value is -1.10. The van der Waals surface area contributed by atoms with Crippen molar-refractivity contribution in [2.75, 3.05) is 41.0 Å². The van der Waals surface area contributed by atoms with Gasteiger partial charge in [0.15, 0.2) is 0 Å². The summed E-state index contributed by atoms with van der Waals surface area (Å²) in [6, 6.07) is 7.13. The van der Waals surface area contributed by atoms with Crippen LogP contribution in [0.3, 0.4) is 0 Å². The third-order valence-corrected chi connectivity index (χ3v) is 4.11. The highest BCUT2D eigenvalue weighted by atomic mass is 16.5. The van der Waals surface area contributed by atoms with Gasteiger partial charge in [-0.3, -0.25) is 4.90 Å². The number of likely N-dealkylation sites (N-methyl/N-ethyl adjacent to an activating group) is 2. The summed E-state index contributed by atoms with van der Waals surface area (Å²) in [5.41, 5.74) is 2.48. The minimum Gasteiger partial charge on any atom is -0.496 e. The lowest BCUT2D eigenvalue weighted by Gasteiger charge is -2.29. The molecule has 0 aromatic heterocycles. The highest BCUT2D eigenvalue weighted by molar-refractivity contribution is 5.39. The van der Waals surface area contributed by atoms with Crippen LogP contribution in [0, 0.1) is 6.92 Å². The number of hydrogen-bond acceptors (Lipinski definition) is 4. The summed E-state index contributed by atoms with van der Waals surface area (Å²) in [6.07, 6.45) is 1.12. The second kappa shape index (κ2) is 7.07. The molecule has 0 bridgehead atoms. The van der Waals surface area contributed by atoms with Crippen LogP contribution in [0.1, 0.15) is 23.6 Å². The first-order valence-corrected chi connectivity index (χ1v) is 7.25. The Morgan fingerprint density at radius 3 is 2.90 bits per heavy atom.